The van der Waals surface area contributed by atoms with Gasteiger partial charge in [-0.05, 0) is 0 Å². The van der Waals surface area contributed by atoms with Crippen LogP contribution in [0.25, 0.3) is 0 Å². The van der Waals surface area contributed by atoms with Gasteiger partial charge in [-0.3, -0.25) is 0 Å². The Bertz CT molecular complexity index is 4.75. The predicted octanol–water partition coefficient (Wildman–Crippen LogP) is 1.52. The third kappa shape index (κ3) is 2.53. The molecule has 0 nitrogen and oxygen atoms in total. The lowest BCUT2D eigenvalue weighted by molar-refractivity contribution is 2.50. The maximum atomic E-state index is 4.00. The molecule has 0 aliphatic rings. The number of hydrogen-bond donors (Lipinski definition) is 0. The minimum Gasteiger partial charge on any atom is -0.124 e. The van der Waals surface area contributed by atoms with Gasteiger partial charge in [0.05, 0.1) is 0 Å². The van der Waals surface area contributed by atoms with Crippen molar-refractivity contribution in [1.29, 1.82) is 0 Å². The molecule has 0 aliphatic heterocycles. The van der Waals surface area contributed by atoms with Crippen molar-refractivity contribution >= 4 is 0 Å². The summed E-state index contributed by atoms with van der Waals surface area (Å²) in [6.07, 6.45) is 8.00. The first-order valence-corrected chi connectivity index (χ1v) is 0.333. The van der Waals surface area contributed by atoms with Gasteiger partial charge in [0.2, 0.25) is 0 Å². The van der Waals surface area contributed by atoms with E-state index in [9.17, 15) is 0 Å². The summed E-state index contributed by atoms with van der Waals surface area (Å²) < 4.78 is 0. The third-order valence-electron chi connectivity index (χ3n) is 0. The Balaban J connectivity index is -0.00000000500. The Hall–Kier alpha value is -0.440. The molecule has 0 atom stereocenters. The highest BCUT2D eigenvalue weighted by atomic mass is 12.6. The molecule has 0 saturated carbocycles. The van der Waals surface area contributed by atoms with E-state index in [1.165, 1.54) is 0 Å². The molecule has 0 unspecified atom stereocenters. The van der Waals surface area contributed by atoms with Crippen LogP contribution in [-0.4, -0.2) is 0 Å². The van der Waals surface area contributed by atoms with E-state index in [1.807, 2.05) is 0 Å². The standard InChI is InChI=1S/C2H2.2CH4/c1-2;;/h1-2H;2*1H4. The summed E-state index contributed by atoms with van der Waals surface area (Å²) in [6.45, 7) is 0. The fourth-order valence-electron chi connectivity index (χ4n) is 0. The van der Waals surface area contributed by atoms with E-state index in [2.05, 4.69) is 12.8 Å². The highest BCUT2D eigenvalue weighted by molar-refractivity contribution is 4.47. The maximum absolute atomic E-state index is 4.00. The summed E-state index contributed by atoms with van der Waals surface area (Å²) in [7, 11) is 0. The Morgan fingerprint density at radius 2 is 0.750 bits per heavy atom. The molecule has 0 N–H and O–H groups in total. The van der Waals surface area contributed by atoms with Gasteiger partial charge >= 0.3 is 0 Å². The quantitative estimate of drug-likeness (QED) is 0.370. The first-order chi connectivity index (χ1) is 1.00. The van der Waals surface area contributed by atoms with Crippen LogP contribution in [0.4, 0.5) is 0 Å². The van der Waals surface area contributed by atoms with Crippen molar-refractivity contribution < 1.29 is 0 Å². The maximum Gasteiger partial charge on any atom is -0.0776 e. The van der Waals surface area contributed by atoms with Crippen molar-refractivity contribution in [3.05, 3.63) is 0 Å². The molecular formula is C4H10. The van der Waals surface area contributed by atoms with Crippen LogP contribution in [0.1, 0.15) is 14.9 Å². The molecule has 0 aliphatic carbocycles. The highest BCUT2D eigenvalue weighted by Crippen LogP contribution is 0.579. The van der Waals surface area contributed by atoms with Crippen LogP contribution in [0.2, 0.25) is 0 Å². The van der Waals surface area contributed by atoms with E-state index in [0.29, 0.717) is 0 Å². The van der Waals surface area contributed by atoms with Gasteiger partial charge in [-0.2, -0.15) is 0 Å². The van der Waals surface area contributed by atoms with Gasteiger partial charge in [-0.25, -0.2) is 0 Å². The van der Waals surface area contributed by atoms with E-state index in [4.69, 9.17) is 0 Å². The average molecular weight is 58.1 g/mol. The lowest BCUT2D eigenvalue weighted by Crippen LogP contribution is -0.576. The molecule has 0 fully saturated rings. The SMILES string of the molecule is C.C.C#C. The van der Waals surface area contributed by atoms with Crippen LogP contribution < -0.4 is 0 Å². The number of rotatable bonds is 0. The molecule has 0 spiro atoms. The zero-order chi connectivity index (χ0) is 2.00. The second-order valence-corrected chi connectivity index (χ2v) is 0. The normalized spacial score (nSPS) is 0.500. The molecule has 0 radical (unpaired) electrons. The van der Waals surface area contributed by atoms with Crippen LogP contribution >= 0.6 is 0 Å². The molecule has 0 rings (SSSR count). The van der Waals surface area contributed by atoms with E-state index in [1.54, 1.807) is 0 Å². The van der Waals surface area contributed by atoms with Gasteiger partial charge in [-0.1, -0.05) is 14.9 Å². The second-order valence-electron chi connectivity index (χ2n) is 0. The molecule has 0 heterocycles. The zero-order valence-electron chi connectivity index (χ0n) is 1.15. The highest BCUT2D eigenvalue weighted by Gasteiger charge is 0.454. The molecule has 0 bridgehead atoms. The Labute approximate surface area is 28.8 Å². The fourth-order valence-corrected chi connectivity index (χ4v) is 0. The van der Waals surface area contributed by atoms with Crippen LogP contribution in [0.5, 0.6) is 0 Å². The monoisotopic (exact) mass is 58.1 g/mol. The van der Waals surface area contributed by atoms with Gasteiger partial charge in [0, 0.05) is 0 Å². The molecule has 0 amide bonds. The van der Waals surface area contributed by atoms with Crippen LogP contribution in [-0.2, 0) is 0 Å². The van der Waals surface area contributed by atoms with E-state index in [-0.39, 0.29) is 14.9 Å². The summed E-state index contributed by atoms with van der Waals surface area (Å²) in [5, 5.41) is 0. The van der Waals surface area contributed by atoms with E-state index >= 15 is 0 Å². The first-order valence-electron chi connectivity index (χ1n) is 0.333. The molecule has 0 aromatic rings. The van der Waals surface area contributed by atoms with Crippen molar-refractivity contribution in [3.63, 3.8) is 0 Å². The van der Waals surface area contributed by atoms with Gasteiger partial charge < -0.3 is 0 Å². The fraction of sp³-hybridized carbons (Fsp3) is 0.500. The third-order valence-corrected chi connectivity index (χ3v) is 0. The largest absolute Gasteiger partial charge is 0.124 e. The summed E-state index contributed by atoms with van der Waals surface area (Å²) in [6, 6.07) is 0. The molecule has 0 aromatic heterocycles. The predicted molar refractivity (Wildman–Crippen MR) is 23.4 cm³/mol. The Morgan fingerprint density at radius 1 is 0.750 bits per heavy atom. The lowest BCUT2D eigenvalue weighted by atomic mass is 11.4. The molecule has 0 saturated heterocycles. The van der Waals surface area contributed by atoms with Crippen molar-refractivity contribution in [2.24, 2.45) is 0 Å². The van der Waals surface area contributed by atoms with Crippen LogP contribution in [0.15, 0.2) is 0 Å². The summed E-state index contributed by atoms with van der Waals surface area (Å²) in [5.41, 5.74) is 0. The average Bonchev–Trinajstić information content (AvgIpc) is 1.00. The van der Waals surface area contributed by atoms with Crippen molar-refractivity contribution in [2.75, 3.05) is 0 Å². The molecule has 4 heavy (non-hydrogen) atoms. The molecular weight excluding hydrogens is 48.0 g/mol. The minimum atomic E-state index is 0. The number of terminal acetylenes is 1. The smallest absolute Gasteiger partial charge is 0.0776 e. The summed E-state index contributed by atoms with van der Waals surface area (Å²) in [5.74, 6) is 0. The number of hydrogen-bond acceptors (Lipinski definition) is 0. The summed E-state index contributed by atoms with van der Waals surface area (Å²) >= 11 is 0. The summed E-state index contributed by atoms with van der Waals surface area (Å²) in [4.78, 5) is 0. The Kier molecular flexibility index (Phi) is 599. The van der Waals surface area contributed by atoms with Gasteiger partial charge in [-0.15, -0.1) is 12.8 Å². The van der Waals surface area contributed by atoms with Gasteiger partial charge in [0.25, 0.3) is 0 Å². The Morgan fingerprint density at radius 3 is 0.750 bits per heavy atom. The van der Waals surface area contributed by atoms with Crippen molar-refractivity contribution in [1.82, 2.24) is 0 Å². The van der Waals surface area contributed by atoms with Crippen LogP contribution in [0.3, 0.4) is 0 Å². The lowest BCUT2D eigenvalue weighted by Gasteiger charge is -0.701. The topological polar surface area (TPSA) is 0 Å². The minimum absolute atomic E-state index is 0. The van der Waals surface area contributed by atoms with Crippen LogP contribution in [0, 0.1) is 12.8 Å². The van der Waals surface area contributed by atoms with Gasteiger partial charge in [0.15, 0.2) is 0 Å². The zero-order valence-corrected chi connectivity index (χ0v) is 1.15. The molecule has 0 heteroatoms. The molecule has 0 aromatic carbocycles. The van der Waals surface area contributed by atoms with Crippen molar-refractivity contribution in [2.45, 2.75) is 14.9 Å². The second kappa shape index (κ2) is 32.2. The van der Waals surface area contributed by atoms with Crippen molar-refractivity contribution in [3.8, 4) is 12.8 Å². The van der Waals surface area contributed by atoms with E-state index in [0.717, 1.165) is 0 Å². The first kappa shape index (κ1) is 74.4. The molecule has 26 valence electrons. The van der Waals surface area contributed by atoms with E-state index < -0.39 is 0 Å². The van der Waals surface area contributed by atoms with Gasteiger partial charge in [0.1, 0.15) is 0 Å².